The van der Waals surface area contributed by atoms with Gasteiger partial charge in [0.25, 0.3) is 0 Å². The molecule has 2 aromatic carbocycles. The number of halogens is 1. The fourth-order valence-electron chi connectivity index (χ4n) is 2.09. The first-order valence-corrected chi connectivity index (χ1v) is 6.99. The van der Waals surface area contributed by atoms with Crippen LogP contribution in [0.5, 0.6) is 5.75 Å². The summed E-state index contributed by atoms with van der Waals surface area (Å²) in [5.41, 5.74) is 8.92. The van der Waals surface area contributed by atoms with E-state index in [1.54, 1.807) is 14.2 Å². The van der Waals surface area contributed by atoms with Crippen LogP contribution < -0.4 is 15.8 Å². The molecular formula is C17H22IN3O2. The number of hydrogen-bond acceptors (Lipinski definition) is 3. The normalized spacial score (nSPS) is 10.8. The lowest BCUT2D eigenvalue weighted by Gasteiger charge is -2.10. The standard InChI is InChI=1S/C17H21N3O2.HI/c1-21-12-14-7-5-6-13(10-14)11-19-17(18)20-15-8-3-4-9-16(15)22-2;/h3-10H,11-12H2,1-2H3,(H3,18,19,20);1H. The zero-order valence-corrected chi connectivity index (χ0v) is 15.6. The molecule has 0 aromatic heterocycles. The number of rotatable bonds is 6. The zero-order valence-electron chi connectivity index (χ0n) is 13.3. The summed E-state index contributed by atoms with van der Waals surface area (Å²) in [6.45, 7) is 1.10. The van der Waals surface area contributed by atoms with Gasteiger partial charge < -0.3 is 20.5 Å². The summed E-state index contributed by atoms with van der Waals surface area (Å²) in [6, 6.07) is 15.6. The highest BCUT2D eigenvalue weighted by atomic mass is 127. The molecular weight excluding hydrogens is 405 g/mol. The first-order chi connectivity index (χ1) is 10.7. The maximum atomic E-state index is 5.93. The number of methoxy groups -OCH3 is 2. The van der Waals surface area contributed by atoms with E-state index in [2.05, 4.69) is 16.4 Å². The van der Waals surface area contributed by atoms with Gasteiger partial charge in [-0.3, -0.25) is 0 Å². The molecule has 2 rings (SSSR count). The van der Waals surface area contributed by atoms with Crippen LogP contribution in [0.25, 0.3) is 0 Å². The molecule has 0 bridgehead atoms. The summed E-state index contributed by atoms with van der Waals surface area (Å²) in [6.07, 6.45) is 0. The van der Waals surface area contributed by atoms with Gasteiger partial charge in [0, 0.05) is 7.11 Å². The van der Waals surface area contributed by atoms with Gasteiger partial charge in [-0.2, -0.15) is 0 Å². The molecule has 5 nitrogen and oxygen atoms in total. The quantitative estimate of drug-likeness (QED) is 0.422. The lowest BCUT2D eigenvalue weighted by Crippen LogP contribution is -2.22. The molecule has 6 heteroatoms. The number of nitrogens with one attached hydrogen (secondary N) is 1. The van der Waals surface area contributed by atoms with Gasteiger partial charge in [0.1, 0.15) is 5.75 Å². The molecule has 0 heterocycles. The maximum Gasteiger partial charge on any atom is 0.193 e. The Balaban J connectivity index is 0.00000264. The van der Waals surface area contributed by atoms with Gasteiger partial charge in [-0.15, -0.1) is 24.0 Å². The van der Waals surface area contributed by atoms with Crippen molar-refractivity contribution in [2.75, 3.05) is 19.5 Å². The molecule has 0 spiro atoms. The van der Waals surface area contributed by atoms with E-state index in [9.17, 15) is 0 Å². The Morgan fingerprint density at radius 3 is 2.57 bits per heavy atom. The van der Waals surface area contributed by atoms with Crippen molar-refractivity contribution in [3.05, 3.63) is 59.7 Å². The molecule has 124 valence electrons. The molecule has 0 radical (unpaired) electrons. The summed E-state index contributed by atoms with van der Waals surface area (Å²) >= 11 is 0. The van der Waals surface area contributed by atoms with Gasteiger partial charge >= 0.3 is 0 Å². The Kier molecular flexibility index (Phi) is 8.42. The molecule has 3 N–H and O–H groups in total. The van der Waals surface area contributed by atoms with Crippen LogP contribution in [-0.4, -0.2) is 20.2 Å². The van der Waals surface area contributed by atoms with Crippen LogP contribution in [0, 0.1) is 0 Å². The van der Waals surface area contributed by atoms with Crippen molar-refractivity contribution in [1.29, 1.82) is 0 Å². The Morgan fingerprint density at radius 1 is 1.09 bits per heavy atom. The molecule has 0 saturated carbocycles. The highest BCUT2D eigenvalue weighted by Crippen LogP contribution is 2.22. The molecule has 0 atom stereocenters. The minimum atomic E-state index is 0. The lowest BCUT2D eigenvalue weighted by atomic mass is 10.1. The smallest absolute Gasteiger partial charge is 0.193 e. The fraction of sp³-hybridized carbons (Fsp3) is 0.235. The Bertz CT molecular complexity index is 647. The van der Waals surface area contributed by atoms with Crippen molar-refractivity contribution in [3.63, 3.8) is 0 Å². The van der Waals surface area contributed by atoms with Crippen molar-refractivity contribution in [2.24, 2.45) is 10.7 Å². The van der Waals surface area contributed by atoms with Crippen molar-refractivity contribution in [3.8, 4) is 5.75 Å². The predicted molar refractivity (Wildman–Crippen MR) is 105 cm³/mol. The Morgan fingerprint density at radius 2 is 1.83 bits per heavy atom. The maximum absolute atomic E-state index is 5.93. The predicted octanol–water partition coefficient (Wildman–Crippen LogP) is 3.39. The highest BCUT2D eigenvalue weighted by Gasteiger charge is 2.02. The number of benzene rings is 2. The number of nitrogens with zero attached hydrogens (tertiary/aromatic N) is 1. The summed E-state index contributed by atoms with van der Waals surface area (Å²) < 4.78 is 10.4. The van der Waals surface area contributed by atoms with E-state index in [0.29, 0.717) is 19.1 Å². The minimum Gasteiger partial charge on any atom is -0.495 e. The molecule has 0 aliphatic heterocycles. The van der Waals surface area contributed by atoms with Crippen LogP contribution >= 0.6 is 24.0 Å². The molecule has 0 amide bonds. The van der Waals surface area contributed by atoms with E-state index >= 15 is 0 Å². The average molecular weight is 427 g/mol. The first kappa shape index (κ1) is 19.2. The molecule has 23 heavy (non-hydrogen) atoms. The van der Waals surface area contributed by atoms with Gasteiger partial charge in [-0.1, -0.05) is 36.4 Å². The van der Waals surface area contributed by atoms with E-state index in [1.807, 2.05) is 42.5 Å². The number of aliphatic imine (C=N–C) groups is 1. The van der Waals surface area contributed by atoms with Gasteiger partial charge in [0.2, 0.25) is 0 Å². The number of ether oxygens (including phenoxy) is 2. The fourth-order valence-corrected chi connectivity index (χ4v) is 2.09. The second-order valence-corrected chi connectivity index (χ2v) is 4.78. The van der Waals surface area contributed by atoms with Crippen LogP contribution in [0.4, 0.5) is 5.69 Å². The Hall–Kier alpha value is -1.80. The third-order valence-corrected chi connectivity index (χ3v) is 3.10. The van der Waals surface area contributed by atoms with E-state index in [4.69, 9.17) is 15.2 Å². The third kappa shape index (κ3) is 6.07. The molecule has 0 aliphatic carbocycles. The Labute approximate surface area is 153 Å². The summed E-state index contributed by atoms with van der Waals surface area (Å²) in [5, 5.41) is 3.05. The van der Waals surface area contributed by atoms with Crippen LogP contribution in [0.2, 0.25) is 0 Å². The monoisotopic (exact) mass is 427 g/mol. The molecule has 0 unspecified atom stereocenters. The SMILES string of the molecule is COCc1cccc(CN=C(N)Nc2ccccc2OC)c1.I. The number of nitrogens with two attached hydrogens (primary N) is 1. The topological polar surface area (TPSA) is 68.9 Å². The third-order valence-electron chi connectivity index (χ3n) is 3.10. The van der Waals surface area contributed by atoms with Gasteiger partial charge in [-0.25, -0.2) is 4.99 Å². The highest BCUT2D eigenvalue weighted by molar-refractivity contribution is 14.0. The van der Waals surface area contributed by atoms with Gasteiger partial charge in [0.15, 0.2) is 5.96 Å². The van der Waals surface area contributed by atoms with Crippen LogP contribution in [0.3, 0.4) is 0 Å². The van der Waals surface area contributed by atoms with Crippen molar-refractivity contribution in [2.45, 2.75) is 13.2 Å². The first-order valence-electron chi connectivity index (χ1n) is 6.99. The number of hydrogen-bond donors (Lipinski definition) is 2. The van der Waals surface area contributed by atoms with Crippen LogP contribution in [0.1, 0.15) is 11.1 Å². The second-order valence-electron chi connectivity index (χ2n) is 4.78. The molecule has 0 fully saturated rings. The van der Waals surface area contributed by atoms with Gasteiger partial charge in [-0.05, 0) is 23.3 Å². The van der Waals surface area contributed by atoms with E-state index in [0.717, 1.165) is 22.6 Å². The lowest BCUT2D eigenvalue weighted by molar-refractivity contribution is 0.185. The average Bonchev–Trinajstić information content (AvgIpc) is 2.54. The minimum absolute atomic E-state index is 0. The van der Waals surface area contributed by atoms with Crippen molar-refractivity contribution < 1.29 is 9.47 Å². The summed E-state index contributed by atoms with van der Waals surface area (Å²) in [5.74, 6) is 1.07. The van der Waals surface area contributed by atoms with Gasteiger partial charge in [0.05, 0.1) is 25.9 Å². The largest absolute Gasteiger partial charge is 0.495 e. The number of guanidine groups is 1. The number of anilines is 1. The van der Waals surface area contributed by atoms with Crippen LogP contribution in [0.15, 0.2) is 53.5 Å². The van der Waals surface area contributed by atoms with Crippen molar-refractivity contribution >= 4 is 35.6 Å². The second kappa shape index (κ2) is 10.1. The zero-order chi connectivity index (χ0) is 15.8. The van der Waals surface area contributed by atoms with E-state index in [-0.39, 0.29) is 24.0 Å². The number of para-hydroxylation sites is 2. The molecule has 0 aliphatic rings. The van der Waals surface area contributed by atoms with E-state index in [1.165, 1.54) is 0 Å². The summed E-state index contributed by atoms with van der Waals surface area (Å²) in [4.78, 5) is 4.35. The molecule has 0 saturated heterocycles. The summed E-state index contributed by atoms with van der Waals surface area (Å²) in [7, 11) is 3.30. The molecule has 2 aromatic rings. The van der Waals surface area contributed by atoms with E-state index < -0.39 is 0 Å². The van der Waals surface area contributed by atoms with Crippen molar-refractivity contribution in [1.82, 2.24) is 0 Å². The van der Waals surface area contributed by atoms with Crippen LogP contribution in [-0.2, 0) is 17.9 Å².